The lowest BCUT2D eigenvalue weighted by Crippen LogP contribution is -2.08. The van der Waals surface area contributed by atoms with Crippen molar-refractivity contribution in [3.63, 3.8) is 0 Å². The summed E-state index contributed by atoms with van der Waals surface area (Å²) in [7, 11) is 4.00. The molecule has 2 aromatic rings. The highest BCUT2D eigenvalue weighted by Crippen LogP contribution is 2.29. The maximum absolute atomic E-state index is 5.77. The van der Waals surface area contributed by atoms with Crippen molar-refractivity contribution >= 4 is 21.6 Å². The third-order valence-corrected chi connectivity index (χ3v) is 3.06. The second-order valence-corrected chi connectivity index (χ2v) is 5.15. The molecule has 0 spiro atoms. The van der Waals surface area contributed by atoms with Gasteiger partial charge in [0.2, 0.25) is 5.88 Å². The van der Waals surface area contributed by atoms with Crippen LogP contribution < -0.4 is 9.64 Å². The van der Waals surface area contributed by atoms with E-state index in [1.807, 2.05) is 56.3 Å². The van der Waals surface area contributed by atoms with Gasteiger partial charge in [-0.25, -0.2) is 4.98 Å². The van der Waals surface area contributed by atoms with E-state index >= 15 is 0 Å². The fraction of sp³-hybridized carbons (Fsp3) is 0.214. The van der Waals surface area contributed by atoms with Crippen LogP contribution >= 0.6 is 15.9 Å². The van der Waals surface area contributed by atoms with Crippen molar-refractivity contribution < 1.29 is 4.74 Å². The third kappa shape index (κ3) is 3.01. The minimum absolute atomic E-state index is 0.580. The Hall–Kier alpha value is -1.55. The van der Waals surface area contributed by atoms with Gasteiger partial charge in [-0.15, -0.1) is 0 Å². The Morgan fingerprint density at radius 1 is 1.22 bits per heavy atom. The molecule has 1 aromatic heterocycles. The summed E-state index contributed by atoms with van der Waals surface area (Å²) in [4.78, 5) is 6.30. The van der Waals surface area contributed by atoms with Gasteiger partial charge in [-0.1, -0.05) is 6.07 Å². The molecule has 0 unspecified atom stereocenters. The van der Waals surface area contributed by atoms with E-state index in [2.05, 4.69) is 20.9 Å². The summed E-state index contributed by atoms with van der Waals surface area (Å²) in [5, 5.41) is 0. The van der Waals surface area contributed by atoms with Crippen molar-refractivity contribution in [3.8, 4) is 11.6 Å². The lowest BCUT2D eigenvalue weighted by atomic mass is 10.3. The van der Waals surface area contributed by atoms with E-state index in [4.69, 9.17) is 4.74 Å². The number of halogens is 1. The van der Waals surface area contributed by atoms with Crippen molar-refractivity contribution in [2.24, 2.45) is 0 Å². The fourth-order valence-corrected chi connectivity index (χ4v) is 2.08. The Morgan fingerprint density at radius 2 is 2.00 bits per heavy atom. The van der Waals surface area contributed by atoms with Crippen LogP contribution in [0.5, 0.6) is 11.6 Å². The van der Waals surface area contributed by atoms with Crippen molar-refractivity contribution in [3.05, 3.63) is 46.6 Å². The van der Waals surface area contributed by atoms with Gasteiger partial charge in [0.05, 0.1) is 4.47 Å². The number of ether oxygens (including phenoxy) is 1. The van der Waals surface area contributed by atoms with Gasteiger partial charge in [0.25, 0.3) is 0 Å². The first-order valence-corrected chi connectivity index (χ1v) is 6.43. The summed E-state index contributed by atoms with van der Waals surface area (Å²) in [5.74, 6) is 1.36. The molecule has 1 aromatic carbocycles. The normalized spacial score (nSPS) is 10.2. The van der Waals surface area contributed by atoms with Gasteiger partial charge in [-0.3, -0.25) is 0 Å². The maximum atomic E-state index is 5.77. The minimum Gasteiger partial charge on any atom is -0.438 e. The van der Waals surface area contributed by atoms with Gasteiger partial charge < -0.3 is 9.64 Å². The zero-order valence-corrected chi connectivity index (χ0v) is 12.2. The summed E-state index contributed by atoms with van der Waals surface area (Å²) >= 11 is 3.45. The van der Waals surface area contributed by atoms with Crippen LogP contribution in [0.25, 0.3) is 0 Å². The van der Waals surface area contributed by atoms with Crippen LogP contribution in [0.1, 0.15) is 5.56 Å². The first kappa shape index (κ1) is 12.9. The van der Waals surface area contributed by atoms with E-state index in [0.29, 0.717) is 5.88 Å². The molecule has 1 heterocycles. The molecule has 0 aliphatic heterocycles. The molecular weight excluding hydrogens is 292 g/mol. The molecule has 94 valence electrons. The highest BCUT2D eigenvalue weighted by Gasteiger charge is 2.05. The number of hydrogen-bond acceptors (Lipinski definition) is 3. The molecule has 0 bridgehead atoms. The van der Waals surface area contributed by atoms with Crippen LogP contribution in [0.15, 0.2) is 41.0 Å². The second-order valence-electron chi connectivity index (χ2n) is 4.29. The topological polar surface area (TPSA) is 25.4 Å². The Morgan fingerprint density at radius 3 is 2.67 bits per heavy atom. The molecule has 0 saturated heterocycles. The van der Waals surface area contributed by atoms with E-state index in [9.17, 15) is 0 Å². The molecule has 2 rings (SSSR count). The number of aryl methyl sites for hydroxylation is 1. The van der Waals surface area contributed by atoms with Crippen molar-refractivity contribution in [1.29, 1.82) is 0 Å². The van der Waals surface area contributed by atoms with E-state index < -0.39 is 0 Å². The monoisotopic (exact) mass is 306 g/mol. The average molecular weight is 307 g/mol. The first-order valence-electron chi connectivity index (χ1n) is 5.63. The lowest BCUT2D eigenvalue weighted by Gasteiger charge is -2.14. The van der Waals surface area contributed by atoms with Gasteiger partial charge in [0, 0.05) is 32.0 Å². The van der Waals surface area contributed by atoms with Gasteiger partial charge >= 0.3 is 0 Å². The van der Waals surface area contributed by atoms with Gasteiger partial charge in [0.15, 0.2) is 0 Å². The van der Waals surface area contributed by atoms with Crippen LogP contribution in [0.4, 0.5) is 5.69 Å². The van der Waals surface area contributed by atoms with E-state index in [1.165, 1.54) is 0 Å². The predicted octanol–water partition coefficient (Wildman–Crippen LogP) is 4.01. The molecule has 4 heteroatoms. The standard InChI is InChI=1S/C14H15BrN2O/c1-10-7-13(15)14(16-9-10)18-12-6-4-5-11(8-12)17(2)3/h4-9H,1-3H3. The molecule has 0 saturated carbocycles. The summed E-state index contributed by atoms with van der Waals surface area (Å²) in [6, 6.07) is 9.88. The van der Waals surface area contributed by atoms with Crippen molar-refractivity contribution in [2.75, 3.05) is 19.0 Å². The van der Waals surface area contributed by atoms with Gasteiger partial charge in [-0.2, -0.15) is 0 Å². The van der Waals surface area contributed by atoms with E-state index in [-0.39, 0.29) is 0 Å². The van der Waals surface area contributed by atoms with Gasteiger partial charge in [-0.05, 0) is 46.6 Å². The summed E-state index contributed by atoms with van der Waals surface area (Å²) in [6.07, 6.45) is 1.79. The maximum Gasteiger partial charge on any atom is 0.233 e. The van der Waals surface area contributed by atoms with Crippen molar-refractivity contribution in [1.82, 2.24) is 4.98 Å². The molecule has 0 fully saturated rings. The molecule has 0 radical (unpaired) electrons. The Bertz CT molecular complexity index is 555. The largest absolute Gasteiger partial charge is 0.438 e. The summed E-state index contributed by atoms with van der Waals surface area (Å²) in [6.45, 7) is 1.99. The predicted molar refractivity (Wildman–Crippen MR) is 77.5 cm³/mol. The molecule has 0 aliphatic carbocycles. The Kier molecular flexibility index (Phi) is 3.87. The number of benzene rings is 1. The van der Waals surface area contributed by atoms with Crippen LogP contribution in [-0.2, 0) is 0 Å². The first-order chi connectivity index (χ1) is 8.56. The molecule has 0 N–H and O–H groups in total. The quantitative estimate of drug-likeness (QED) is 0.856. The van der Waals surface area contributed by atoms with Crippen LogP contribution in [0.2, 0.25) is 0 Å². The van der Waals surface area contributed by atoms with Crippen LogP contribution in [0, 0.1) is 6.92 Å². The van der Waals surface area contributed by atoms with Gasteiger partial charge in [0.1, 0.15) is 5.75 Å². The number of rotatable bonds is 3. The van der Waals surface area contributed by atoms with Crippen LogP contribution in [0.3, 0.4) is 0 Å². The molecular formula is C14H15BrN2O. The summed E-state index contributed by atoms with van der Waals surface area (Å²) < 4.78 is 6.63. The number of aromatic nitrogens is 1. The number of hydrogen-bond donors (Lipinski definition) is 0. The summed E-state index contributed by atoms with van der Waals surface area (Å²) in [5.41, 5.74) is 2.19. The zero-order valence-electron chi connectivity index (χ0n) is 10.6. The average Bonchev–Trinajstić information content (AvgIpc) is 2.33. The number of nitrogens with zero attached hydrogens (tertiary/aromatic N) is 2. The highest BCUT2D eigenvalue weighted by atomic mass is 79.9. The molecule has 18 heavy (non-hydrogen) atoms. The Balaban J connectivity index is 2.25. The molecule has 3 nitrogen and oxygen atoms in total. The lowest BCUT2D eigenvalue weighted by molar-refractivity contribution is 0.459. The smallest absolute Gasteiger partial charge is 0.233 e. The highest BCUT2D eigenvalue weighted by molar-refractivity contribution is 9.10. The SMILES string of the molecule is Cc1cnc(Oc2cccc(N(C)C)c2)c(Br)c1. The minimum atomic E-state index is 0.580. The number of pyridine rings is 1. The van der Waals surface area contributed by atoms with Crippen LogP contribution in [-0.4, -0.2) is 19.1 Å². The van der Waals surface area contributed by atoms with Crippen molar-refractivity contribution in [2.45, 2.75) is 6.92 Å². The number of anilines is 1. The zero-order chi connectivity index (χ0) is 13.1. The second kappa shape index (κ2) is 5.40. The molecule has 0 amide bonds. The van der Waals surface area contributed by atoms with E-state index in [1.54, 1.807) is 6.20 Å². The fourth-order valence-electron chi connectivity index (χ4n) is 1.53. The Labute approximate surface area is 116 Å². The molecule has 0 atom stereocenters. The molecule has 0 aliphatic rings. The van der Waals surface area contributed by atoms with E-state index in [0.717, 1.165) is 21.5 Å². The third-order valence-electron chi connectivity index (χ3n) is 2.49.